The van der Waals surface area contributed by atoms with Crippen LogP contribution in [0.2, 0.25) is 0 Å². The van der Waals surface area contributed by atoms with E-state index in [1.54, 1.807) is 33.4 Å². The molecule has 6 bridgehead atoms. The van der Waals surface area contributed by atoms with Crippen LogP contribution in [-0.2, 0) is 0 Å². The molecule has 10 atom stereocenters. The molecule has 6 fully saturated rings. The molecule has 3 heteroatoms. The van der Waals surface area contributed by atoms with Crippen molar-refractivity contribution in [2.24, 2.45) is 46.3 Å². The maximum absolute atomic E-state index is 7.05. The average Bonchev–Trinajstić information content (AvgIpc) is 4.16. The number of allylic oxidation sites excluding steroid dienone is 10. The fraction of sp³-hybridized carbons (Fsp3) is 0.420. The molecule has 360 valence electrons. The van der Waals surface area contributed by atoms with E-state index in [4.69, 9.17) is 4.42 Å². The standard InChI is InChI=1S/C69H68N2O/c1-3-13-48(14-4-1)70(51-23-26-54-55-17-7-9-19-61(55)68-29-11-12-42(41-68)32-64(68)59(54)38-51)50-22-21-44-36-60-58-28-25-53(40-67(58)72-66(60)37-45(44)35-50)71(49-15-5-2-6-16-49)52-24-27-57-56-18-8-10-20-62(56)69(65(57)39-52)47-31-43-30-46(34-47)63(69)33-43/h1-6,9-10,13-16,19-22,25,28,35-37,40,42-43,46-47,51-52,63-64H,7-8,11-12,17-18,23-24,26-27,29-34,38-39,41H2. The molecule has 2 spiro atoms. The van der Waals surface area contributed by atoms with E-state index in [0.29, 0.717) is 22.9 Å². The van der Waals surface area contributed by atoms with Crippen LogP contribution in [0, 0.1) is 46.3 Å². The second-order valence-corrected chi connectivity index (χ2v) is 25.1. The molecule has 0 N–H and O–H groups in total. The van der Waals surface area contributed by atoms with Crippen LogP contribution in [0.1, 0.15) is 122 Å². The lowest BCUT2D eigenvalue weighted by Crippen LogP contribution is -2.42. The van der Waals surface area contributed by atoms with E-state index in [9.17, 15) is 0 Å². The van der Waals surface area contributed by atoms with Gasteiger partial charge in [-0.1, -0.05) is 90.8 Å². The van der Waals surface area contributed by atoms with Crippen molar-refractivity contribution in [1.82, 2.24) is 0 Å². The van der Waals surface area contributed by atoms with Gasteiger partial charge in [-0.3, -0.25) is 0 Å². The minimum atomic E-state index is 0.309. The van der Waals surface area contributed by atoms with Crippen molar-refractivity contribution in [2.45, 2.75) is 134 Å². The van der Waals surface area contributed by atoms with E-state index in [-0.39, 0.29) is 0 Å². The summed E-state index contributed by atoms with van der Waals surface area (Å²) in [5.74, 6) is 5.27. The first-order valence-corrected chi connectivity index (χ1v) is 28.9. The predicted molar refractivity (Wildman–Crippen MR) is 296 cm³/mol. The molecular formula is C69H68N2O. The monoisotopic (exact) mass is 941 g/mol. The zero-order valence-electron chi connectivity index (χ0n) is 42.1. The number of fused-ring (bicyclic) bond motifs is 8. The molecule has 18 rings (SSSR count). The van der Waals surface area contributed by atoms with Gasteiger partial charge in [-0.15, -0.1) is 0 Å². The Balaban J connectivity index is 0.725. The van der Waals surface area contributed by atoms with Crippen molar-refractivity contribution in [2.75, 3.05) is 9.80 Å². The Kier molecular flexibility index (Phi) is 8.89. The summed E-state index contributed by atoms with van der Waals surface area (Å²) in [5.41, 5.74) is 22.3. The molecule has 3 nitrogen and oxygen atoms in total. The van der Waals surface area contributed by atoms with E-state index < -0.39 is 0 Å². The van der Waals surface area contributed by atoms with Gasteiger partial charge >= 0.3 is 0 Å². The van der Waals surface area contributed by atoms with Crippen LogP contribution in [-0.4, -0.2) is 12.1 Å². The van der Waals surface area contributed by atoms with Crippen LogP contribution in [0.25, 0.3) is 32.7 Å². The summed E-state index contributed by atoms with van der Waals surface area (Å²) in [6, 6.07) is 42.8. The number of nitrogens with zero attached hydrogens (tertiary/aromatic N) is 2. The van der Waals surface area contributed by atoms with Gasteiger partial charge in [0, 0.05) is 62.5 Å². The zero-order valence-corrected chi connectivity index (χ0v) is 42.1. The van der Waals surface area contributed by atoms with E-state index in [0.717, 1.165) is 46.7 Å². The quantitative estimate of drug-likeness (QED) is 0.166. The Labute approximate surface area is 426 Å². The average molecular weight is 941 g/mol. The van der Waals surface area contributed by atoms with Gasteiger partial charge in [0.05, 0.1) is 0 Å². The fourth-order valence-electron chi connectivity index (χ4n) is 19.9. The van der Waals surface area contributed by atoms with Crippen LogP contribution < -0.4 is 9.80 Å². The van der Waals surface area contributed by atoms with Crippen LogP contribution in [0.5, 0.6) is 0 Å². The van der Waals surface area contributed by atoms with E-state index in [1.807, 2.05) is 11.1 Å². The molecule has 6 aromatic rings. The number of rotatable bonds is 6. The van der Waals surface area contributed by atoms with Crippen LogP contribution in [0.15, 0.2) is 183 Å². The molecule has 0 amide bonds. The Morgan fingerprint density at radius 1 is 0.528 bits per heavy atom. The molecule has 12 aliphatic rings. The Bertz CT molecular complexity index is 3480. The number of benzene rings is 5. The smallest absolute Gasteiger partial charge is 0.137 e. The predicted octanol–water partition coefficient (Wildman–Crippen LogP) is 18.3. The van der Waals surface area contributed by atoms with Crippen molar-refractivity contribution >= 4 is 55.5 Å². The van der Waals surface area contributed by atoms with E-state index in [1.165, 1.54) is 166 Å². The summed E-state index contributed by atoms with van der Waals surface area (Å²) in [6.45, 7) is 0. The molecule has 0 saturated heterocycles. The highest BCUT2D eigenvalue weighted by Crippen LogP contribution is 2.76. The van der Waals surface area contributed by atoms with Gasteiger partial charge in [-0.05, 0) is 250 Å². The lowest BCUT2D eigenvalue weighted by atomic mass is 9.56. The second kappa shape index (κ2) is 15.4. The summed E-state index contributed by atoms with van der Waals surface area (Å²) in [4.78, 5) is 5.46. The molecule has 12 aliphatic carbocycles. The lowest BCUT2D eigenvalue weighted by molar-refractivity contribution is 0.144. The summed E-state index contributed by atoms with van der Waals surface area (Å²) >= 11 is 0. The molecule has 0 aliphatic heterocycles. The fourth-order valence-corrected chi connectivity index (χ4v) is 19.9. The Hall–Kier alpha value is -5.80. The second-order valence-electron chi connectivity index (χ2n) is 25.1. The summed E-state index contributed by atoms with van der Waals surface area (Å²) in [6.07, 6.45) is 35.4. The van der Waals surface area contributed by atoms with E-state index in [2.05, 4.69) is 143 Å². The molecule has 1 aromatic heterocycles. The van der Waals surface area contributed by atoms with Crippen LogP contribution in [0.3, 0.4) is 0 Å². The van der Waals surface area contributed by atoms with Gasteiger partial charge < -0.3 is 14.2 Å². The maximum Gasteiger partial charge on any atom is 0.137 e. The molecule has 72 heavy (non-hydrogen) atoms. The van der Waals surface area contributed by atoms with Crippen molar-refractivity contribution in [3.8, 4) is 0 Å². The molecule has 5 aromatic carbocycles. The highest BCUT2D eigenvalue weighted by molar-refractivity contribution is 6.11. The molecule has 6 saturated carbocycles. The summed E-state index contributed by atoms with van der Waals surface area (Å²) < 4.78 is 7.05. The number of anilines is 4. The van der Waals surface area contributed by atoms with Crippen molar-refractivity contribution < 1.29 is 4.42 Å². The zero-order chi connectivity index (χ0) is 46.9. The first-order valence-electron chi connectivity index (χ1n) is 28.9. The minimum absolute atomic E-state index is 0.309. The molecular weight excluding hydrogens is 873 g/mol. The van der Waals surface area contributed by atoms with Crippen LogP contribution in [0.4, 0.5) is 22.7 Å². The SMILES string of the molecule is C1=CC2=C(CC1)C1=C(CC(N(c3ccccc3)c3ccc4cc5c(cc4c3)oc3cc(N(c4ccccc4)C4CCC6=C(C4)C4(C7=C6CCC=C7)C6CC7CC(C6)C4C7)ccc35)CC1)C1CC3CCCC21C3. The number of para-hydroxylation sites is 2. The summed E-state index contributed by atoms with van der Waals surface area (Å²) in [7, 11) is 0. The van der Waals surface area contributed by atoms with Crippen molar-refractivity contribution in [1.29, 1.82) is 0 Å². The number of furan rings is 1. The van der Waals surface area contributed by atoms with Gasteiger partial charge in [0.2, 0.25) is 0 Å². The highest BCUT2D eigenvalue weighted by atomic mass is 16.3. The van der Waals surface area contributed by atoms with Crippen molar-refractivity contribution in [3.05, 3.63) is 178 Å². The highest BCUT2D eigenvalue weighted by Gasteiger charge is 2.67. The van der Waals surface area contributed by atoms with Gasteiger partial charge in [0.25, 0.3) is 0 Å². The number of hydrogen-bond acceptors (Lipinski definition) is 3. The van der Waals surface area contributed by atoms with Gasteiger partial charge in [0.1, 0.15) is 11.2 Å². The minimum Gasteiger partial charge on any atom is -0.456 e. The van der Waals surface area contributed by atoms with Crippen LogP contribution >= 0.6 is 0 Å². The summed E-state index contributed by atoms with van der Waals surface area (Å²) in [5, 5.41) is 4.96. The first kappa shape index (κ1) is 41.6. The lowest BCUT2D eigenvalue weighted by Gasteiger charge is -2.50. The third-order valence-corrected chi connectivity index (χ3v) is 22.2. The molecule has 1 heterocycles. The first-order chi connectivity index (χ1) is 35.6. The largest absolute Gasteiger partial charge is 0.456 e. The number of hydrogen-bond donors (Lipinski definition) is 0. The topological polar surface area (TPSA) is 19.6 Å². The maximum atomic E-state index is 7.05. The van der Waals surface area contributed by atoms with E-state index >= 15 is 0 Å². The molecule has 0 radical (unpaired) electrons. The Morgan fingerprint density at radius 2 is 1.25 bits per heavy atom. The third-order valence-electron chi connectivity index (χ3n) is 22.2. The van der Waals surface area contributed by atoms with Gasteiger partial charge in [-0.2, -0.15) is 0 Å². The normalized spacial score (nSPS) is 33.7. The third kappa shape index (κ3) is 5.69. The van der Waals surface area contributed by atoms with Crippen molar-refractivity contribution in [3.63, 3.8) is 0 Å². The molecule has 10 unspecified atom stereocenters. The van der Waals surface area contributed by atoms with Gasteiger partial charge in [-0.25, -0.2) is 0 Å². The van der Waals surface area contributed by atoms with Gasteiger partial charge in [0.15, 0.2) is 0 Å². The Morgan fingerprint density at radius 3 is 2.06 bits per heavy atom.